The number of aliphatic carboxylic acids is 1. The van der Waals surface area contributed by atoms with Gasteiger partial charge in [-0.2, -0.15) is 0 Å². The third-order valence-corrected chi connectivity index (χ3v) is 2.95. The van der Waals surface area contributed by atoms with Crippen LogP contribution >= 0.6 is 0 Å². The van der Waals surface area contributed by atoms with Gasteiger partial charge in [-0.1, -0.05) is 36.6 Å². The molecule has 0 aromatic rings. The molecular weight excluding hydrogens is 214 g/mol. The van der Waals surface area contributed by atoms with E-state index < -0.39 is 5.97 Å². The molecule has 1 rings (SSSR count). The third-order valence-electron chi connectivity index (χ3n) is 2.95. The highest BCUT2D eigenvalue weighted by atomic mass is 16.4. The number of rotatable bonds is 9. The summed E-state index contributed by atoms with van der Waals surface area (Å²) in [6.07, 6.45) is 13.3. The van der Waals surface area contributed by atoms with Crippen molar-refractivity contribution in [2.45, 2.75) is 44.9 Å². The summed E-state index contributed by atoms with van der Waals surface area (Å²) in [6.45, 7) is 2.04. The topological polar surface area (TPSA) is 49.3 Å². The Labute approximate surface area is 104 Å². The highest BCUT2D eigenvalue weighted by molar-refractivity contribution is 5.66. The lowest BCUT2D eigenvalue weighted by atomic mass is 10.1. The number of unbranched alkanes of at least 4 members (excludes halogenated alkanes) is 3. The van der Waals surface area contributed by atoms with Crippen LogP contribution in [0.2, 0.25) is 0 Å². The molecule has 1 aliphatic carbocycles. The van der Waals surface area contributed by atoms with Crippen molar-refractivity contribution in [1.82, 2.24) is 5.32 Å². The van der Waals surface area contributed by atoms with Crippen LogP contribution in [0.1, 0.15) is 44.9 Å². The summed E-state index contributed by atoms with van der Waals surface area (Å²) in [5.74, 6) is -0.680. The second-order valence-electron chi connectivity index (χ2n) is 4.53. The van der Waals surface area contributed by atoms with Gasteiger partial charge in [0.05, 0.1) is 0 Å². The second-order valence-corrected chi connectivity index (χ2v) is 4.53. The zero-order chi connectivity index (χ0) is 12.3. The first-order valence-corrected chi connectivity index (χ1v) is 6.56. The molecule has 0 radical (unpaired) electrons. The number of hydrogen-bond donors (Lipinski definition) is 2. The maximum absolute atomic E-state index is 10.3. The Hall–Kier alpha value is -1.09. The Morgan fingerprint density at radius 2 is 2.12 bits per heavy atom. The van der Waals surface area contributed by atoms with Gasteiger partial charge in [-0.25, -0.2) is 0 Å². The molecule has 0 atom stereocenters. The standard InChI is InChI=1S/C14H23NO2/c16-14(17)10-6-1-2-7-11-15-12-13-8-4-3-5-9-13/h3-4,8,15H,1-2,5-7,9-12H2,(H,16,17). The van der Waals surface area contributed by atoms with Crippen LogP contribution < -0.4 is 5.32 Å². The predicted octanol–water partition coefficient (Wildman–Crippen LogP) is 2.89. The van der Waals surface area contributed by atoms with E-state index in [-0.39, 0.29) is 0 Å². The van der Waals surface area contributed by atoms with Crippen LogP contribution in [0.4, 0.5) is 0 Å². The van der Waals surface area contributed by atoms with Crippen molar-refractivity contribution >= 4 is 5.97 Å². The van der Waals surface area contributed by atoms with E-state index in [0.29, 0.717) is 6.42 Å². The van der Waals surface area contributed by atoms with Crippen molar-refractivity contribution in [3.63, 3.8) is 0 Å². The van der Waals surface area contributed by atoms with Gasteiger partial charge in [-0.05, 0) is 32.2 Å². The van der Waals surface area contributed by atoms with E-state index >= 15 is 0 Å². The number of nitrogens with one attached hydrogen (secondary N) is 1. The Morgan fingerprint density at radius 1 is 1.29 bits per heavy atom. The number of hydrogen-bond acceptors (Lipinski definition) is 2. The summed E-state index contributed by atoms with van der Waals surface area (Å²) >= 11 is 0. The summed E-state index contributed by atoms with van der Waals surface area (Å²) in [5, 5.41) is 11.9. The lowest BCUT2D eigenvalue weighted by Crippen LogP contribution is -2.18. The van der Waals surface area contributed by atoms with E-state index in [4.69, 9.17) is 5.11 Å². The minimum absolute atomic E-state index is 0.312. The van der Waals surface area contributed by atoms with Crippen LogP contribution in [-0.4, -0.2) is 24.2 Å². The maximum Gasteiger partial charge on any atom is 0.303 e. The monoisotopic (exact) mass is 237 g/mol. The number of carbonyl (C=O) groups is 1. The second kappa shape index (κ2) is 8.99. The molecule has 96 valence electrons. The van der Waals surface area contributed by atoms with Gasteiger partial charge in [-0.3, -0.25) is 4.79 Å². The van der Waals surface area contributed by atoms with Crippen molar-refractivity contribution in [3.8, 4) is 0 Å². The molecule has 0 saturated carbocycles. The van der Waals surface area contributed by atoms with Gasteiger partial charge >= 0.3 is 5.97 Å². The van der Waals surface area contributed by atoms with Gasteiger partial charge in [0, 0.05) is 13.0 Å². The van der Waals surface area contributed by atoms with Crippen molar-refractivity contribution < 1.29 is 9.90 Å². The summed E-state index contributed by atoms with van der Waals surface area (Å²) in [7, 11) is 0. The molecule has 0 aromatic carbocycles. The zero-order valence-electron chi connectivity index (χ0n) is 10.5. The van der Waals surface area contributed by atoms with E-state index in [0.717, 1.165) is 38.8 Å². The number of allylic oxidation sites excluding steroid dienone is 3. The molecule has 0 aliphatic heterocycles. The fraction of sp³-hybridized carbons (Fsp3) is 0.643. The minimum Gasteiger partial charge on any atom is -0.481 e. The molecule has 0 fully saturated rings. The van der Waals surface area contributed by atoms with Gasteiger partial charge < -0.3 is 10.4 Å². The SMILES string of the molecule is O=C(O)CCCCCCNCC1=CC=CCC1. The first kappa shape index (κ1) is 14.0. The Kier molecular flexibility index (Phi) is 7.39. The molecule has 0 amide bonds. The van der Waals surface area contributed by atoms with Crippen LogP contribution in [0.15, 0.2) is 23.8 Å². The maximum atomic E-state index is 10.3. The molecule has 1 aliphatic rings. The average molecular weight is 237 g/mol. The van der Waals surface area contributed by atoms with Gasteiger partial charge in [0.15, 0.2) is 0 Å². The summed E-state index contributed by atoms with van der Waals surface area (Å²) in [5.41, 5.74) is 1.48. The number of carboxylic acids is 1. The largest absolute Gasteiger partial charge is 0.481 e. The van der Waals surface area contributed by atoms with Gasteiger partial charge in [0.2, 0.25) is 0 Å². The third kappa shape index (κ3) is 7.75. The lowest BCUT2D eigenvalue weighted by molar-refractivity contribution is -0.137. The molecular formula is C14H23NO2. The molecule has 0 bridgehead atoms. The van der Waals surface area contributed by atoms with Crippen LogP contribution in [0, 0.1) is 0 Å². The molecule has 0 spiro atoms. The zero-order valence-corrected chi connectivity index (χ0v) is 10.5. The smallest absolute Gasteiger partial charge is 0.303 e. The van der Waals surface area contributed by atoms with Crippen LogP contribution in [0.3, 0.4) is 0 Å². The average Bonchev–Trinajstić information content (AvgIpc) is 2.33. The minimum atomic E-state index is -0.680. The molecule has 2 N–H and O–H groups in total. The first-order chi connectivity index (χ1) is 8.29. The van der Waals surface area contributed by atoms with Crippen molar-refractivity contribution in [2.24, 2.45) is 0 Å². The van der Waals surface area contributed by atoms with Crippen LogP contribution in [0.5, 0.6) is 0 Å². The molecule has 0 saturated heterocycles. The van der Waals surface area contributed by atoms with E-state index in [1.807, 2.05) is 0 Å². The van der Waals surface area contributed by atoms with Gasteiger partial charge in [0.25, 0.3) is 0 Å². The van der Waals surface area contributed by atoms with E-state index in [1.165, 1.54) is 18.4 Å². The molecule has 3 nitrogen and oxygen atoms in total. The highest BCUT2D eigenvalue weighted by Crippen LogP contribution is 2.10. The van der Waals surface area contributed by atoms with Gasteiger partial charge in [-0.15, -0.1) is 0 Å². The fourth-order valence-corrected chi connectivity index (χ4v) is 1.93. The van der Waals surface area contributed by atoms with Crippen LogP contribution in [0.25, 0.3) is 0 Å². The molecule has 3 heteroatoms. The van der Waals surface area contributed by atoms with E-state index in [1.54, 1.807) is 0 Å². The summed E-state index contributed by atoms with van der Waals surface area (Å²) < 4.78 is 0. The normalized spacial score (nSPS) is 14.7. The molecule has 0 heterocycles. The van der Waals surface area contributed by atoms with E-state index in [9.17, 15) is 4.79 Å². The van der Waals surface area contributed by atoms with E-state index in [2.05, 4.69) is 23.5 Å². The van der Waals surface area contributed by atoms with Crippen molar-refractivity contribution in [3.05, 3.63) is 23.8 Å². The van der Waals surface area contributed by atoms with Crippen molar-refractivity contribution in [2.75, 3.05) is 13.1 Å². The lowest BCUT2D eigenvalue weighted by Gasteiger charge is -2.10. The van der Waals surface area contributed by atoms with Crippen LogP contribution in [-0.2, 0) is 4.79 Å². The molecule has 0 unspecified atom stereocenters. The fourth-order valence-electron chi connectivity index (χ4n) is 1.93. The Balaban J connectivity index is 1.86. The summed E-state index contributed by atoms with van der Waals surface area (Å²) in [6, 6.07) is 0. The number of carboxylic acid groups (broad SMARTS) is 1. The highest BCUT2D eigenvalue weighted by Gasteiger charge is 1.99. The predicted molar refractivity (Wildman–Crippen MR) is 70.0 cm³/mol. The Morgan fingerprint density at radius 3 is 2.82 bits per heavy atom. The van der Waals surface area contributed by atoms with Gasteiger partial charge in [0.1, 0.15) is 0 Å². The molecule has 17 heavy (non-hydrogen) atoms. The quantitative estimate of drug-likeness (QED) is 0.606. The Bertz CT molecular complexity index is 282. The summed E-state index contributed by atoms with van der Waals surface area (Å²) in [4.78, 5) is 10.3. The first-order valence-electron chi connectivity index (χ1n) is 6.56. The van der Waals surface area contributed by atoms with Crippen molar-refractivity contribution in [1.29, 1.82) is 0 Å². The molecule has 0 aromatic heterocycles.